The van der Waals surface area contributed by atoms with Gasteiger partial charge in [-0.05, 0) is 17.5 Å². The third kappa shape index (κ3) is 4.41. The summed E-state index contributed by atoms with van der Waals surface area (Å²) < 4.78 is 5.49. The standard InChI is InChI=1S/C18H19N3O5/c22-20(23)16-5-1-14(2-6-16)11-19(18-9-10-26-13-18)12-15-3-7-17(8-4-15)21(24)25/h1-8,18H,9-13H2. The van der Waals surface area contributed by atoms with E-state index in [1.165, 1.54) is 24.3 Å². The van der Waals surface area contributed by atoms with Crippen LogP contribution in [0.2, 0.25) is 0 Å². The van der Waals surface area contributed by atoms with Crippen LogP contribution in [0.25, 0.3) is 0 Å². The lowest BCUT2D eigenvalue weighted by molar-refractivity contribution is -0.385. The van der Waals surface area contributed by atoms with Crippen LogP contribution in [0, 0.1) is 20.2 Å². The fraction of sp³-hybridized carbons (Fsp3) is 0.333. The first-order valence-electron chi connectivity index (χ1n) is 8.31. The largest absolute Gasteiger partial charge is 0.380 e. The summed E-state index contributed by atoms with van der Waals surface area (Å²) in [5.41, 5.74) is 2.09. The molecule has 3 rings (SSSR count). The maximum atomic E-state index is 10.8. The van der Waals surface area contributed by atoms with Crippen molar-refractivity contribution >= 4 is 11.4 Å². The molecule has 0 bridgehead atoms. The van der Waals surface area contributed by atoms with Crippen LogP contribution in [0.1, 0.15) is 17.5 Å². The first-order chi connectivity index (χ1) is 12.5. The molecule has 0 radical (unpaired) electrons. The van der Waals surface area contributed by atoms with Gasteiger partial charge in [-0.2, -0.15) is 0 Å². The number of nitrogens with zero attached hydrogens (tertiary/aromatic N) is 3. The molecule has 8 nitrogen and oxygen atoms in total. The molecule has 2 aromatic rings. The highest BCUT2D eigenvalue weighted by molar-refractivity contribution is 5.34. The van der Waals surface area contributed by atoms with Crippen LogP contribution in [-0.2, 0) is 17.8 Å². The summed E-state index contributed by atoms with van der Waals surface area (Å²) >= 11 is 0. The zero-order chi connectivity index (χ0) is 18.5. The van der Waals surface area contributed by atoms with Gasteiger partial charge in [-0.1, -0.05) is 24.3 Å². The molecule has 8 heteroatoms. The predicted octanol–water partition coefficient (Wildman–Crippen LogP) is 3.29. The van der Waals surface area contributed by atoms with Crippen molar-refractivity contribution in [2.24, 2.45) is 0 Å². The summed E-state index contributed by atoms with van der Waals surface area (Å²) in [6.07, 6.45) is 0.917. The minimum Gasteiger partial charge on any atom is -0.380 e. The summed E-state index contributed by atoms with van der Waals surface area (Å²) in [6, 6.07) is 13.3. The molecule has 1 heterocycles. The van der Waals surface area contributed by atoms with E-state index in [0.717, 1.165) is 17.5 Å². The molecule has 1 atom stereocenters. The molecule has 26 heavy (non-hydrogen) atoms. The highest BCUT2D eigenvalue weighted by atomic mass is 16.6. The number of nitro benzene ring substituents is 2. The second-order valence-electron chi connectivity index (χ2n) is 6.27. The van der Waals surface area contributed by atoms with E-state index < -0.39 is 9.85 Å². The lowest BCUT2D eigenvalue weighted by atomic mass is 10.1. The van der Waals surface area contributed by atoms with Crippen LogP contribution in [0.3, 0.4) is 0 Å². The minimum absolute atomic E-state index is 0.0693. The van der Waals surface area contributed by atoms with E-state index in [9.17, 15) is 20.2 Å². The molecular weight excluding hydrogens is 338 g/mol. The van der Waals surface area contributed by atoms with Crippen molar-refractivity contribution in [2.45, 2.75) is 25.6 Å². The van der Waals surface area contributed by atoms with Gasteiger partial charge in [-0.15, -0.1) is 0 Å². The molecule has 0 aromatic heterocycles. The summed E-state index contributed by atoms with van der Waals surface area (Å²) in [6.45, 7) is 2.60. The molecule has 0 spiro atoms. The first-order valence-corrected chi connectivity index (χ1v) is 8.31. The number of benzene rings is 2. The molecule has 0 saturated carbocycles. The van der Waals surface area contributed by atoms with Gasteiger partial charge in [0, 0.05) is 50.0 Å². The molecule has 136 valence electrons. The SMILES string of the molecule is O=[N+]([O-])c1ccc(CN(Cc2ccc([N+](=O)[O-])cc2)C2CCOC2)cc1. The van der Waals surface area contributed by atoms with Crippen molar-refractivity contribution in [1.29, 1.82) is 0 Å². The number of ether oxygens (including phenoxy) is 1. The molecule has 1 aliphatic heterocycles. The van der Waals surface area contributed by atoms with Crippen LogP contribution < -0.4 is 0 Å². The molecule has 1 unspecified atom stereocenters. The fourth-order valence-corrected chi connectivity index (χ4v) is 3.04. The minimum atomic E-state index is -0.413. The Hall–Kier alpha value is -2.84. The molecule has 0 N–H and O–H groups in total. The van der Waals surface area contributed by atoms with Gasteiger partial charge in [0.25, 0.3) is 11.4 Å². The second-order valence-corrected chi connectivity index (χ2v) is 6.27. The van der Waals surface area contributed by atoms with Crippen molar-refractivity contribution in [3.63, 3.8) is 0 Å². The maximum absolute atomic E-state index is 10.8. The zero-order valence-corrected chi connectivity index (χ0v) is 14.1. The smallest absolute Gasteiger partial charge is 0.269 e. The van der Waals surface area contributed by atoms with Gasteiger partial charge in [-0.25, -0.2) is 0 Å². The lowest BCUT2D eigenvalue weighted by Gasteiger charge is -2.28. The highest BCUT2D eigenvalue weighted by Crippen LogP contribution is 2.21. The number of non-ortho nitro benzene ring substituents is 2. The molecule has 1 fully saturated rings. The fourth-order valence-electron chi connectivity index (χ4n) is 3.04. The Bertz CT molecular complexity index is 711. The molecule has 0 aliphatic carbocycles. The van der Waals surface area contributed by atoms with Crippen LogP contribution >= 0.6 is 0 Å². The van der Waals surface area contributed by atoms with Crippen molar-refractivity contribution in [3.8, 4) is 0 Å². The summed E-state index contributed by atoms with van der Waals surface area (Å²) in [4.78, 5) is 23.0. The highest BCUT2D eigenvalue weighted by Gasteiger charge is 2.24. The number of hydrogen-bond acceptors (Lipinski definition) is 6. The zero-order valence-electron chi connectivity index (χ0n) is 14.1. The van der Waals surface area contributed by atoms with Crippen LogP contribution in [0.5, 0.6) is 0 Å². The Morgan fingerprint density at radius 3 is 1.69 bits per heavy atom. The van der Waals surface area contributed by atoms with E-state index in [1.807, 2.05) is 0 Å². The molecule has 1 aliphatic rings. The molecule has 0 amide bonds. The Morgan fingerprint density at radius 1 is 0.885 bits per heavy atom. The van der Waals surface area contributed by atoms with E-state index in [-0.39, 0.29) is 17.4 Å². The van der Waals surface area contributed by atoms with Gasteiger partial charge in [0.1, 0.15) is 0 Å². The van der Waals surface area contributed by atoms with Gasteiger partial charge < -0.3 is 4.74 Å². The van der Waals surface area contributed by atoms with E-state index in [1.54, 1.807) is 24.3 Å². The van der Waals surface area contributed by atoms with Crippen LogP contribution in [-0.4, -0.2) is 34.0 Å². The van der Waals surface area contributed by atoms with Crippen molar-refractivity contribution in [1.82, 2.24) is 4.90 Å². The third-order valence-electron chi connectivity index (χ3n) is 4.49. The van der Waals surface area contributed by atoms with E-state index in [2.05, 4.69) is 4.90 Å². The Kier molecular flexibility index (Phi) is 5.55. The lowest BCUT2D eigenvalue weighted by Crippen LogP contribution is -2.34. The van der Waals surface area contributed by atoms with E-state index in [4.69, 9.17) is 4.74 Å². The number of rotatable bonds is 7. The van der Waals surface area contributed by atoms with Gasteiger partial charge >= 0.3 is 0 Å². The van der Waals surface area contributed by atoms with E-state index in [0.29, 0.717) is 26.3 Å². The molecule has 2 aromatic carbocycles. The monoisotopic (exact) mass is 357 g/mol. The topological polar surface area (TPSA) is 98.8 Å². The van der Waals surface area contributed by atoms with Crippen molar-refractivity contribution in [2.75, 3.05) is 13.2 Å². The van der Waals surface area contributed by atoms with E-state index >= 15 is 0 Å². The Balaban J connectivity index is 1.74. The Morgan fingerprint density at radius 2 is 1.35 bits per heavy atom. The van der Waals surface area contributed by atoms with Gasteiger partial charge in [0.05, 0.1) is 16.5 Å². The second kappa shape index (κ2) is 8.03. The molecule has 1 saturated heterocycles. The van der Waals surface area contributed by atoms with Gasteiger partial charge in [0.2, 0.25) is 0 Å². The summed E-state index contributed by atoms with van der Waals surface area (Å²) in [5.74, 6) is 0. The summed E-state index contributed by atoms with van der Waals surface area (Å²) in [7, 11) is 0. The number of hydrogen-bond donors (Lipinski definition) is 0. The first kappa shape index (κ1) is 18.0. The van der Waals surface area contributed by atoms with Gasteiger partial charge in [0.15, 0.2) is 0 Å². The van der Waals surface area contributed by atoms with Crippen molar-refractivity contribution < 1.29 is 14.6 Å². The van der Waals surface area contributed by atoms with Gasteiger partial charge in [-0.3, -0.25) is 25.1 Å². The average molecular weight is 357 g/mol. The quantitative estimate of drug-likeness (QED) is 0.557. The maximum Gasteiger partial charge on any atom is 0.269 e. The number of nitro groups is 2. The molecular formula is C18H19N3O5. The summed E-state index contributed by atoms with van der Waals surface area (Å²) in [5, 5.41) is 21.6. The Labute approximate surface area is 150 Å². The third-order valence-corrected chi connectivity index (χ3v) is 4.49. The predicted molar refractivity (Wildman–Crippen MR) is 94.7 cm³/mol. The average Bonchev–Trinajstić information content (AvgIpc) is 3.16. The van der Waals surface area contributed by atoms with Crippen LogP contribution in [0.4, 0.5) is 11.4 Å². The van der Waals surface area contributed by atoms with Crippen molar-refractivity contribution in [3.05, 3.63) is 79.9 Å². The van der Waals surface area contributed by atoms with Crippen LogP contribution in [0.15, 0.2) is 48.5 Å². The normalized spacial score (nSPS) is 16.7.